The number of hydrogen-bond acceptors (Lipinski definition) is 3. The van der Waals surface area contributed by atoms with E-state index in [1.807, 2.05) is 6.07 Å². The number of benzene rings is 1. The Bertz CT molecular complexity index is 449. The Morgan fingerprint density at radius 2 is 2.05 bits per heavy atom. The first-order chi connectivity index (χ1) is 10.1. The van der Waals surface area contributed by atoms with Crippen molar-refractivity contribution in [1.29, 1.82) is 0 Å². The molecule has 1 aromatic carbocycles. The predicted octanol–water partition coefficient (Wildman–Crippen LogP) is 2.47. The molecule has 0 radical (unpaired) electrons. The highest BCUT2D eigenvalue weighted by molar-refractivity contribution is 7.80. The molecule has 2 N–H and O–H groups in total. The van der Waals surface area contributed by atoms with E-state index >= 15 is 0 Å². The van der Waals surface area contributed by atoms with Gasteiger partial charge in [0, 0.05) is 25.0 Å². The molecule has 0 aromatic heterocycles. The van der Waals surface area contributed by atoms with Gasteiger partial charge in [-0.05, 0) is 38.5 Å². The summed E-state index contributed by atoms with van der Waals surface area (Å²) in [6.45, 7) is 6.65. The molecule has 0 aliphatic carbocycles. The molecular weight excluding hydrogens is 278 g/mol. The summed E-state index contributed by atoms with van der Waals surface area (Å²) in [4.78, 5) is 5.63. The van der Waals surface area contributed by atoms with Crippen LogP contribution in [0.25, 0.3) is 0 Å². The summed E-state index contributed by atoms with van der Waals surface area (Å²) in [6.07, 6.45) is 2.38. The normalized spacial score (nSPS) is 22.7. The van der Waals surface area contributed by atoms with Crippen molar-refractivity contribution in [2.75, 3.05) is 33.2 Å². The molecule has 0 saturated carbocycles. The van der Waals surface area contributed by atoms with Gasteiger partial charge >= 0.3 is 0 Å². The Hall–Kier alpha value is -0.970. The van der Waals surface area contributed by atoms with Crippen molar-refractivity contribution in [2.45, 2.75) is 31.7 Å². The van der Waals surface area contributed by atoms with Crippen LogP contribution in [-0.4, -0.2) is 54.1 Å². The van der Waals surface area contributed by atoms with Crippen LogP contribution in [-0.2, 0) is 0 Å². The molecule has 1 heterocycles. The second-order valence-electron chi connectivity index (χ2n) is 6.04. The van der Waals surface area contributed by atoms with Gasteiger partial charge in [-0.3, -0.25) is 4.90 Å². The van der Waals surface area contributed by atoms with Crippen LogP contribution in [0.15, 0.2) is 30.3 Å². The molecule has 1 aromatic rings. The number of thiocarbonyl (C=S) groups is 1. The lowest BCUT2D eigenvalue weighted by Crippen LogP contribution is -2.43. The highest BCUT2D eigenvalue weighted by Gasteiger charge is 2.26. The fraction of sp³-hybridized carbons (Fsp3) is 0.588. The lowest BCUT2D eigenvalue weighted by atomic mass is 9.97. The van der Waals surface area contributed by atoms with E-state index in [0.717, 1.165) is 19.6 Å². The molecule has 2 atom stereocenters. The number of likely N-dealkylation sites (N-methyl/N-ethyl adjacent to an activating group) is 1. The van der Waals surface area contributed by atoms with Crippen molar-refractivity contribution in [3.63, 3.8) is 0 Å². The van der Waals surface area contributed by atoms with Gasteiger partial charge < -0.3 is 10.6 Å². The van der Waals surface area contributed by atoms with Gasteiger partial charge in [-0.2, -0.15) is 0 Å². The van der Waals surface area contributed by atoms with Crippen molar-refractivity contribution in [1.82, 2.24) is 9.80 Å². The van der Waals surface area contributed by atoms with Gasteiger partial charge in [0.15, 0.2) is 0 Å². The maximum atomic E-state index is 6.03. The molecule has 3 nitrogen and oxygen atoms in total. The summed E-state index contributed by atoms with van der Waals surface area (Å²) in [5.41, 5.74) is 7.27. The smallest absolute Gasteiger partial charge is 0.0816 e. The first kappa shape index (κ1) is 16.4. The minimum absolute atomic E-state index is 0.152. The zero-order valence-electron chi connectivity index (χ0n) is 13.2. The van der Waals surface area contributed by atoms with E-state index in [9.17, 15) is 0 Å². The van der Waals surface area contributed by atoms with E-state index in [-0.39, 0.29) is 5.92 Å². The van der Waals surface area contributed by atoms with Crippen LogP contribution >= 0.6 is 12.2 Å². The average molecular weight is 305 g/mol. The summed E-state index contributed by atoms with van der Waals surface area (Å²) in [6, 6.07) is 11.0. The first-order valence-corrected chi connectivity index (χ1v) is 8.29. The quantitative estimate of drug-likeness (QED) is 0.847. The third-order valence-corrected chi connectivity index (χ3v) is 4.74. The molecule has 2 rings (SSSR count). The highest BCUT2D eigenvalue weighted by Crippen LogP contribution is 2.21. The molecular formula is C17H27N3S. The molecule has 4 heteroatoms. The van der Waals surface area contributed by atoms with Crippen molar-refractivity contribution in [3.8, 4) is 0 Å². The summed E-state index contributed by atoms with van der Waals surface area (Å²) < 4.78 is 0. The Morgan fingerprint density at radius 3 is 2.67 bits per heavy atom. The van der Waals surface area contributed by atoms with Crippen molar-refractivity contribution < 1.29 is 0 Å². The van der Waals surface area contributed by atoms with Crippen molar-refractivity contribution in [3.05, 3.63) is 35.9 Å². The van der Waals surface area contributed by atoms with E-state index < -0.39 is 0 Å². The molecule has 1 aliphatic heterocycles. The zero-order chi connectivity index (χ0) is 15.2. The van der Waals surface area contributed by atoms with Crippen LogP contribution in [0.5, 0.6) is 0 Å². The number of nitrogens with two attached hydrogens (primary N) is 1. The number of nitrogens with zero attached hydrogens (tertiary/aromatic N) is 2. The molecule has 0 bridgehead atoms. The lowest BCUT2D eigenvalue weighted by molar-refractivity contribution is 0.182. The number of hydrogen-bond donors (Lipinski definition) is 1. The molecule has 1 aliphatic rings. The first-order valence-electron chi connectivity index (χ1n) is 7.88. The summed E-state index contributed by atoms with van der Waals surface area (Å²) in [5.74, 6) is 0.152. The Morgan fingerprint density at radius 1 is 1.33 bits per heavy atom. The monoisotopic (exact) mass is 305 g/mol. The molecule has 116 valence electrons. The minimum Gasteiger partial charge on any atom is -0.393 e. The molecule has 0 amide bonds. The molecule has 1 saturated heterocycles. The fourth-order valence-electron chi connectivity index (χ4n) is 3.20. The van der Waals surface area contributed by atoms with Gasteiger partial charge in [0.1, 0.15) is 0 Å². The zero-order valence-corrected chi connectivity index (χ0v) is 14.0. The number of rotatable bonds is 5. The second kappa shape index (κ2) is 7.87. The maximum absolute atomic E-state index is 6.03. The third kappa shape index (κ3) is 4.50. The van der Waals surface area contributed by atoms with Gasteiger partial charge in [-0.1, -0.05) is 49.5 Å². The van der Waals surface area contributed by atoms with Crippen LogP contribution in [0.4, 0.5) is 0 Å². The van der Waals surface area contributed by atoms with Crippen molar-refractivity contribution in [2.24, 2.45) is 5.73 Å². The average Bonchev–Trinajstić information content (AvgIpc) is 2.66. The van der Waals surface area contributed by atoms with Crippen LogP contribution in [0.2, 0.25) is 0 Å². The van der Waals surface area contributed by atoms with E-state index in [1.165, 1.54) is 24.9 Å². The maximum Gasteiger partial charge on any atom is 0.0816 e. The summed E-state index contributed by atoms with van der Waals surface area (Å²) in [7, 11) is 2.22. The van der Waals surface area contributed by atoms with Crippen LogP contribution in [0, 0.1) is 0 Å². The molecule has 21 heavy (non-hydrogen) atoms. The van der Waals surface area contributed by atoms with Crippen LogP contribution in [0.1, 0.15) is 31.2 Å². The van der Waals surface area contributed by atoms with Gasteiger partial charge in [0.05, 0.1) is 4.99 Å². The third-order valence-electron chi connectivity index (χ3n) is 4.46. The Balaban J connectivity index is 2.13. The van der Waals surface area contributed by atoms with Crippen LogP contribution in [0.3, 0.4) is 0 Å². The fourth-order valence-corrected chi connectivity index (χ4v) is 3.41. The highest BCUT2D eigenvalue weighted by atomic mass is 32.1. The predicted molar refractivity (Wildman–Crippen MR) is 93.7 cm³/mol. The van der Waals surface area contributed by atoms with Gasteiger partial charge in [-0.25, -0.2) is 0 Å². The van der Waals surface area contributed by atoms with E-state index in [2.05, 4.69) is 48.0 Å². The molecule has 0 spiro atoms. The minimum atomic E-state index is 0.152. The molecule has 1 fully saturated rings. The van der Waals surface area contributed by atoms with E-state index in [4.69, 9.17) is 18.0 Å². The Kier molecular flexibility index (Phi) is 6.15. The standard InChI is InChI=1S/C17H27N3S/c1-3-15-12-19(2)10-7-11-20(15)13-16(17(18)21)14-8-5-4-6-9-14/h4-6,8-9,15-16H,3,7,10-13H2,1-2H3,(H2,18,21). The Labute approximate surface area is 134 Å². The largest absolute Gasteiger partial charge is 0.393 e. The summed E-state index contributed by atoms with van der Waals surface area (Å²) >= 11 is 5.34. The second-order valence-corrected chi connectivity index (χ2v) is 6.51. The van der Waals surface area contributed by atoms with E-state index in [1.54, 1.807) is 0 Å². The van der Waals surface area contributed by atoms with E-state index in [0.29, 0.717) is 11.0 Å². The van der Waals surface area contributed by atoms with Gasteiger partial charge in [0.2, 0.25) is 0 Å². The SMILES string of the molecule is CCC1CN(C)CCCN1CC(C(N)=S)c1ccccc1. The van der Waals surface area contributed by atoms with Gasteiger partial charge in [-0.15, -0.1) is 0 Å². The van der Waals surface area contributed by atoms with Crippen LogP contribution < -0.4 is 5.73 Å². The molecule has 2 unspecified atom stereocenters. The topological polar surface area (TPSA) is 32.5 Å². The summed E-state index contributed by atoms with van der Waals surface area (Å²) in [5, 5.41) is 0. The van der Waals surface area contributed by atoms with Crippen molar-refractivity contribution >= 4 is 17.2 Å². The lowest BCUT2D eigenvalue weighted by Gasteiger charge is -2.33. The van der Waals surface area contributed by atoms with Gasteiger partial charge in [0.25, 0.3) is 0 Å².